The van der Waals surface area contributed by atoms with Gasteiger partial charge in [0.15, 0.2) is 11.5 Å². The summed E-state index contributed by atoms with van der Waals surface area (Å²) in [7, 11) is 0. The van der Waals surface area contributed by atoms with Gasteiger partial charge < -0.3 is 14.4 Å². The lowest BCUT2D eigenvalue weighted by Gasteiger charge is -2.33. The van der Waals surface area contributed by atoms with Gasteiger partial charge in [-0.15, -0.1) is 0 Å². The van der Waals surface area contributed by atoms with Gasteiger partial charge in [0, 0.05) is 30.5 Å². The predicted molar refractivity (Wildman–Crippen MR) is 94.0 cm³/mol. The number of carbonyl (C=O) groups is 1. The van der Waals surface area contributed by atoms with Gasteiger partial charge in [-0.25, -0.2) is 0 Å². The summed E-state index contributed by atoms with van der Waals surface area (Å²) in [6, 6.07) is 11.5. The van der Waals surface area contributed by atoms with Gasteiger partial charge in [0.1, 0.15) is 13.2 Å². The topological polar surface area (TPSA) is 51.7 Å². The van der Waals surface area contributed by atoms with E-state index in [9.17, 15) is 4.79 Å². The van der Waals surface area contributed by atoms with E-state index in [-0.39, 0.29) is 5.91 Å². The lowest BCUT2D eigenvalue weighted by atomic mass is 9.92. The molecule has 2 aliphatic heterocycles. The van der Waals surface area contributed by atoms with Crippen molar-refractivity contribution >= 4 is 5.91 Å². The van der Waals surface area contributed by atoms with E-state index in [0.29, 0.717) is 30.4 Å². The highest BCUT2D eigenvalue weighted by Crippen LogP contribution is 2.31. The van der Waals surface area contributed by atoms with Crippen LogP contribution in [0.5, 0.6) is 11.5 Å². The number of nitrogens with zero attached hydrogens (tertiary/aromatic N) is 2. The first-order valence-electron chi connectivity index (χ1n) is 8.88. The van der Waals surface area contributed by atoms with Crippen molar-refractivity contribution in [3.05, 3.63) is 53.9 Å². The minimum atomic E-state index is 0.0719. The van der Waals surface area contributed by atoms with Crippen LogP contribution in [-0.4, -0.2) is 42.1 Å². The molecule has 5 nitrogen and oxygen atoms in total. The third-order valence-electron chi connectivity index (χ3n) is 4.82. The summed E-state index contributed by atoms with van der Waals surface area (Å²) in [5, 5.41) is 0. The number of rotatable bonds is 3. The largest absolute Gasteiger partial charge is 0.486 e. The second-order valence-corrected chi connectivity index (χ2v) is 6.64. The molecule has 0 saturated carbocycles. The first kappa shape index (κ1) is 15.9. The molecule has 25 heavy (non-hydrogen) atoms. The van der Waals surface area contributed by atoms with E-state index in [2.05, 4.69) is 11.1 Å². The fraction of sp³-hybridized carbons (Fsp3) is 0.400. The van der Waals surface area contributed by atoms with Crippen LogP contribution in [0.3, 0.4) is 0 Å². The van der Waals surface area contributed by atoms with Crippen LogP contribution in [-0.2, 0) is 6.42 Å². The zero-order valence-corrected chi connectivity index (χ0v) is 14.2. The van der Waals surface area contributed by atoms with Crippen LogP contribution in [0.2, 0.25) is 0 Å². The zero-order chi connectivity index (χ0) is 17.1. The molecular formula is C20H22N2O3. The molecule has 1 aromatic heterocycles. The summed E-state index contributed by atoms with van der Waals surface area (Å²) in [6.07, 6.45) is 4.93. The van der Waals surface area contributed by atoms with Gasteiger partial charge in [0.25, 0.3) is 5.91 Å². The Morgan fingerprint density at radius 3 is 2.88 bits per heavy atom. The van der Waals surface area contributed by atoms with Crippen LogP contribution in [0.1, 0.15) is 28.9 Å². The second kappa shape index (κ2) is 7.13. The average molecular weight is 338 g/mol. The van der Waals surface area contributed by atoms with Gasteiger partial charge in [-0.1, -0.05) is 6.07 Å². The molecule has 0 unspecified atom stereocenters. The maximum atomic E-state index is 12.9. The van der Waals surface area contributed by atoms with Crippen LogP contribution in [0.25, 0.3) is 0 Å². The van der Waals surface area contributed by atoms with Gasteiger partial charge in [-0.2, -0.15) is 0 Å². The Balaban J connectivity index is 1.44. The van der Waals surface area contributed by atoms with Gasteiger partial charge in [0.05, 0.1) is 0 Å². The van der Waals surface area contributed by atoms with E-state index in [0.717, 1.165) is 43.8 Å². The van der Waals surface area contributed by atoms with Crippen molar-refractivity contribution in [3.8, 4) is 11.5 Å². The minimum absolute atomic E-state index is 0.0719. The van der Waals surface area contributed by atoms with E-state index in [4.69, 9.17) is 9.47 Å². The van der Waals surface area contributed by atoms with Crippen molar-refractivity contribution in [1.29, 1.82) is 0 Å². The lowest BCUT2D eigenvalue weighted by Crippen LogP contribution is -2.40. The molecule has 1 saturated heterocycles. The third-order valence-corrected chi connectivity index (χ3v) is 4.82. The number of benzene rings is 1. The summed E-state index contributed by atoms with van der Waals surface area (Å²) in [6.45, 7) is 2.68. The molecule has 3 heterocycles. The molecule has 0 N–H and O–H groups in total. The molecule has 1 fully saturated rings. The van der Waals surface area contributed by atoms with E-state index in [1.807, 2.05) is 35.4 Å². The molecule has 0 bridgehead atoms. The number of piperidine rings is 1. The normalized spacial score (nSPS) is 19.5. The van der Waals surface area contributed by atoms with Crippen molar-refractivity contribution in [2.75, 3.05) is 26.3 Å². The molecule has 5 heteroatoms. The molecular weight excluding hydrogens is 316 g/mol. The quantitative estimate of drug-likeness (QED) is 0.863. The second-order valence-electron chi connectivity index (χ2n) is 6.64. The number of pyridine rings is 1. The highest BCUT2D eigenvalue weighted by atomic mass is 16.6. The van der Waals surface area contributed by atoms with Gasteiger partial charge >= 0.3 is 0 Å². The molecule has 2 aromatic rings. The molecule has 1 amide bonds. The Hall–Kier alpha value is -2.56. The van der Waals surface area contributed by atoms with Gasteiger partial charge in [-0.3, -0.25) is 9.78 Å². The van der Waals surface area contributed by atoms with Crippen molar-refractivity contribution in [2.45, 2.75) is 19.3 Å². The van der Waals surface area contributed by atoms with Crippen LogP contribution in [0, 0.1) is 5.92 Å². The number of likely N-dealkylation sites (tertiary alicyclic amines) is 1. The minimum Gasteiger partial charge on any atom is -0.486 e. The fourth-order valence-electron chi connectivity index (χ4n) is 3.59. The molecule has 0 radical (unpaired) electrons. The monoisotopic (exact) mass is 338 g/mol. The Morgan fingerprint density at radius 1 is 1.16 bits per heavy atom. The number of hydrogen-bond donors (Lipinski definition) is 0. The van der Waals surface area contributed by atoms with E-state index >= 15 is 0 Å². The average Bonchev–Trinajstić information content (AvgIpc) is 2.68. The molecule has 2 aliphatic rings. The summed E-state index contributed by atoms with van der Waals surface area (Å²) in [5.41, 5.74) is 1.77. The van der Waals surface area contributed by atoms with Crippen molar-refractivity contribution in [2.24, 2.45) is 5.92 Å². The number of fused-ring (bicyclic) bond motifs is 1. The summed E-state index contributed by atoms with van der Waals surface area (Å²) < 4.78 is 11.1. The van der Waals surface area contributed by atoms with E-state index in [1.165, 1.54) is 0 Å². The first-order chi connectivity index (χ1) is 12.3. The smallest absolute Gasteiger partial charge is 0.254 e. The molecule has 130 valence electrons. The Labute approximate surface area is 147 Å². The predicted octanol–water partition coefficient (Wildman–Crippen LogP) is 2.95. The van der Waals surface area contributed by atoms with Crippen molar-refractivity contribution < 1.29 is 14.3 Å². The standard InChI is InChI=1S/C20H22N2O3/c23-20(16-6-7-18-19(13-16)25-11-10-24-18)22-9-3-4-15(14-22)12-17-5-1-2-8-21-17/h1-2,5-8,13,15H,3-4,9-12,14H2/t15-/m1/s1. The number of aromatic nitrogens is 1. The van der Waals surface area contributed by atoms with E-state index in [1.54, 1.807) is 6.07 Å². The van der Waals surface area contributed by atoms with Gasteiger partial charge in [0.2, 0.25) is 0 Å². The number of hydrogen-bond acceptors (Lipinski definition) is 4. The SMILES string of the molecule is O=C(c1ccc2c(c1)OCCO2)N1CCC[C@H](Cc2ccccn2)C1. The number of amides is 1. The molecule has 0 spiro atoms. The summed E-state index contributed by atoms with van der Waals surface area (Å²) in [5.74, 6) is 1.92. The van der Waals surface area contributed by atoms with Crippen LogP contribution < -0.4 is 9.47 Å². The molecule has 1 aromatic carbocycles. The Bertz CT molecular complexity index is 748. The molecule has 0 aliphatic carbocycles. The maximum Gasteiger partial charge on any atom is 0.254 e. The number of ether oxygens (including phenoxy) is 2. The van der Waals surface area contributed by atoms with E-state index < -0.39 is 0 Å². The molecule has 4 rings (SSSR count). The summed E-state index contributed by atoms with van der Waals surface area (Å²) in [4.78, 5) is 19.3. The fourth-order valence-corrected chi connectivity index (χ4v) is 3.59. The highest BCUT2D eigenvalue weighted by Gasteiger charge is 2.26. The summed E-state index contributed by atoms with van der Waals surface area (Å²) >= 11 is 0. The van der Waals surface area contributed by atoms with Crippen LogP contribution >= 0.6 is 0 Å². The number of carbonyl (C=O) groups excluding carboxylic acids is 1. The lowest BCUT2D eigenvalue weighted by molar-refractivity contribution is 0.0671. The Kier molecular flexibility index (Phi) is 4.55. The third kappa shape index (κ3) is 3.60. The Morgan fingerprint density at radius 2 is 2.04 bits per heavy atom. The molecule has 1 atom stereocenters. The van der Waals surface area contributed by atoms with Gasteiger partial charge in [-0.05, 0) is 55.5 Å². The van der Waals surface area contributed by atoms with Crippen LogP contribution in [0.15, 0.2) is 42.6 Å². The van der Waals surface area contributed by atoms with Crippen LogP contribution in [0.4, 0.5) is 0 Å². The van der Waals surface area contributed by atoms with Crippen molar-refractivity contribution in [3.63, 3.8) is 0 Å². The maximum absolute atomic E-state index is 12.9. The first-order valence-corrected chi connectivity index (χ1v) is 8.88. The highest BCUT2D eigenvalue weighted by molar-refractivity contribution is 5.95. The van der Waals surface area contributed by atoms with Crippen molar-refractivity contribution in [1.82, 2.24) is 9.88 Å². The zero-order valence-electron chi connectivity index (χ0n) is 14.2.